The second kappa shape index (κ2) is 32.2. The number of carboxylic acids is 1. The summed E-state index contributed by atoms with van der Waals surface area (Å²) in [7, 11) is -4.71. The minimum atomic E-state index is -4.71. The van der Waals surface area contributed by atoms with Crippen molar-refractivity contribution in [1.29, 1.82) is 0 Å². The average Bonchev–Trinajstić information content (AvgIpc) is 3.05. The van der Waals surface area contributed by atoms with Gasteiger partial charge in [0.2, 0.25) is 0 Å². The maximum Gasteiger partial charge on any atom is 0.472 e. The number of esters is 2. The van der Waals surface area contributed by atoms with E-state index in [1.807, 2.05) is 0 Å². The van der Waals surface area contributed by atoms with E-state index in [1.165, 1.54) is 38.5 Å². The highest BCUT2D eigenvalue weighted by molar-refractivity contribution is 7.47. The largest absolute Gasteiger partial charge is 0.480 e. The molecule has 3 atom stereocenters. The molecule has 0 bridgehead atoms. The third kappa shape index (κ3) is 31.2. The molecule has 0 rings (SSSR count). The fourth-order valence-electron chi connectivity index (χ4n) is 4.70. The lowest BCUT2D eigenvalue weighted by molar-refractivity contribution is -0.161. The monoisotopic (exact) mass is 703 g/mol. The van der Waals surface area contributed by atoms with Gasteiger partial charge in [0.15, 0.2) is 6.10 Å². The van der Waals surface area contributed by atoms with Crippen molar-refractivity contribution in [2.24, 2.45) is 5.73 Å². The molecular formula is C36H66NO10P. The van der Waals surface area contributed by atoms with E-state index >= 15 is 0 Å². The number of nitrogens with two attached hydrogens (primary N) is 1. The number of carbonyl (C=O) groups is 3. The van der Waals surface area contributed by atoms with E-state index in [4.69, 9.17) is 24.8 Å². The highest BCUT2D eigenvalue weighted by atomic mass is 31.2. The Morgan fingerprint density at radius 2 is 1.04 bits per heavy atom. The molecule has 280 valence electrons. The third-order valence-electron chi connectivity index (χ3n) is 7.67. The second-order valence-corrected chi connectivity index (χ2v) is 13.8. The van der Waals surface area contributed by atoms with E-state index in [1.54, 1.807) is 0 Å². The number of phosphoric acid groups is 1. The molecule has 11 nitrogen and oxygen atoms in total. The van der Waals surface area contributed by atoms with E-state index in [2.05, 4.69) is 42.7 Å². The molecule has 0 fully saturated rings. The van der Waals surface area contributed by atoms with Crippen molar-refractivity contribution >= 4 is 25.7 Å². The van der Waals surface area contributed by atoms with Crippen molar-refractivity contribution in [2.75, 3.05) is 19.8 Å². The second-order valence-electron chi connectivity index (χ2n) is 12.3. The quantitative estimate of drug-likeness (QED) is 0.0253. The minimum Gasteiger partial charge on any atom is -0.480 e. The summed E-state index contributed by atoms with van der Waals surface area (Å²) in [5.74, 6) is -2.40. The van der Waals surface area contributed by atoms with E-state index in [-0.39, 0.29) is 19.4 Å². The van der Waals surface area contributed by atoms with Gasteiger partial charge in [-0.2, -0.15) is 0 Å². The van der Waals surface area contributed by atoms with Gasteiger partial charge in [-0.15, -0.1) is 0 Å². The molecule has 0 radical (unpaired) electrons. The van der Waals surface area contributed by atoms with Gasteiger partial charge in [-0.05, 0) is 64.2 Å². The van der Waals surface area contributed by atoms with Gasteiger partial charge in [-0.1, -0.05) is 102 Å². The Morgan fingerprint density at radius 3 is 1.52 bits per heavy atom. The summed E-state index contributed by atoms with van der Waals surface area (Å²) < 4.78 is 32.5. The van der Waals surface area contributed by atoms with Crippen LogP contribution < -0.4 is 5.73 Å². The molecular weight excluding hydrogens is 637 g/mol. The number of phosphoric ester groups is 1. The van der Waals surface area contributed by atoms with Gasteiger partial charge < -0.3 is 25.2 Å². The van der Waals surface area contributed by atoms with Gasteiger partial charge in [0, 0.05) is 12.8 Å². The molecule has 12 heteroatoms. The van der Waals surface area contributed by atoms with Gasteiger partial charge in [0.25, 0.3) is 0 Å². The van der Waals surface area contributed by atoms with E-state index in [0.717, 1.165) is 77.0 Å². The highest BCUT2D eigenvalue weighted by Crippen LogP contribution is 2.43. The summed E-state index contributed by atoms with van der Waals surface area (Å²) in [5.41, 5.74) is 5.30. The van der Waals surface area contributed by atoms with Crippen LogP contribution in [0.15, 0.2) is 24.3 Å². The number of carboxylic acid groups (broad SMARTS) is 1. The molecule has 4 N–H and O–H groups in total. The Hall–Kier alpha value is -2.04. The Bertz CT molecular complexity index is 926. The zero-order chi connectivity index (χ0) is 35.7. The smallest absolute Gasteiger partial charge is 0.472 e. The number of allylic oxidation sites excluding steroid dienone is 4. The Balaban J connectivity index is 4.50. The van der Waals surface area contributed by atoms with Crippen molar-refractivity contribution in [3.8, 4) is 0 Å². The lowest BCUT2D eigenvalue weighted by Crippen LogP contribution is -2.34. The molecule has 0 aromatic heterocycles. The standard InChI is InChI=1S/C36H66NO10P/c1-3-5-7-9-11-13-15-17-19-21-23-25-27-34(38)44-29-32(30-45-48(42,43)46-31-33(37)36(40)41)47-35(39)28-26-24-22-20-18-16-14-12-10-8-6-4-2/h11-14,32-33H,3-10,15-31,37H2,1-2H3,(H,40,41)(H,42,43)/b13-11+,14-12+/t32-,33+/m1/s1. The van der Waals surface area contributed by atoms with Crippen LogP contribution in [0.1, 0.15) is 155 Å². The van der Waals surface area contributed by atoms with Gasteiger partial charge in [0.1, 0.15) is 12.6 Å². The lowest BCUT2D eigenvalue weighted by Gasteiger charge is -2.20. The first-order valence-corrected chi connectivity index (χ1v) is 19.9. The molecule has 0 aromatic rings. The average molecular weight is 704 g/mol. The number of aliphatic carboxylic acids is 1. The van der Waals surface area contributed by atoms with Gasteiger partial charge >= 0.3 is 25.7 Å². The number of hydrogen-bond acceptors (Lipinski definition) is 9. The van der Waals surface area contributed by atoms with Crippen LogP contribution in [-0.2, 0) is 37.5 Å². The van der Waals surface area contributed by atoms with Crippen molar-refractivity contribution in [3.63, 3.8) is 0 Å². The van der Waals surface area contributed by atoms with Crippen LogP contribution >= 0.6 is 7.82 Å². The molecule has 0 aliphatic carbocycles. The Kier molecular flexibility index (Phi) is 30.8. The van der Waals surface area contributed by atoms with Gasteiger partial charge in [-0.25, -0.2) is 4.57 Å². The van der Waals surface area contributed by atoms with Gasteiger partial charge in [-0.3, -0.25) is 23.4 Å². The van der Waals surface area contributed by atoms with Crippen LogP contribution in [0.4, 0.5) is 0 Å². The third-order valence-corrected chi connectivity index (χ3v) is 8.62. The van der Waals surface area contributed by atoms with Crippen molar-refractivity contribution < 1.29 is 47.5 Å². The molecule has 0 aliphatic heterocycles. The molecule has 0 saturated carbocycles. The molecule has 48 heavy (non-hydrogen) atoms. The molecule has 0 spiro atoms. The van der Waals surface area contributed by atoms with Gasteiger partial charge in [0.05, 0.1) is 13.2 Å². The molecule has 0 aliphatic rings. The number of hydrogen-bond donors (Lipinski definition) is 3. The van der Waals surface area contributed by atoms with E-state index in [9.17, 15) is 23.8 Å². The van der Waals surface area contributed by atoms with Crippen molar-refractivity contribution in [1.82, 2.24) is 0 Å². The van der Waals surface area contributed by atoms with Crippen LogP contribution in [-0.4, -0.2) is 59.9 Å². The maximum atomic E-state index is 12.5. The first-order valence-electron chi connectivity index (χ1n) is 18.4. The number of ether oxygens (including phenoxy) is 2. The van der Waals surface area contributed by atoms with Crippen LogP contribution in [0.25, 0.3) is 0 Å². The summed E-state index contributed by atoms with van der Waals surface area (Å²) in [5, 5.41) is 8.84. The molecule has 0 heterocycles. The number of carbonyl (C=O) groups excluding carboxylic acids is 2. The molecule has 0 amide bonds. The molecule has 0 saturated heterocycles. The summed E-state index contributed by atoms with van der Waals surface area (Å²) in [6.07, 6.45) is 29.7. The predicted octanol–water partition coefficient (Wildman–Crippen LogP) is 8.72. The van der Waals surface area contributed by atoms with Crippen molar-refractivity contribution in [3.05, 3.63) is 24.3 Å². The summed E-state index contributed by atoms with van der Waals surface area (Å²) in [6, 6.07) is -1.52. The Labute approximate surface area is 290 Å². The minimum absolute atomic E-state index is 0.150. The topological polar surface area (TPSA) is 172 Å². The predicted molar refractivity (Wildman–Crippen MR) is 189 cm³/mol. The number of rotatable bonds is 34. The van der Waals surface area contributed by atoms with Crippen LogP contribution in [0.3, 0.4) is 0 Å². The first kappa shape index (κ1) is 46.0. The summed E-state index contributed by atoms with van der Waals surface area (Å²) in [4.78, 5) is 45.6. The Morgan fingerprint density at radius 1 is 0.625 bits per heavy atom. The maximum absolute atomic E-state index is 12.5. The van der Waals surface area contributed by atoms with Crippen LogP contribution in [0, 0.1) is 0 Å². The SMILES string of the molecule is CCCCC/C=C/CCCCCCCC(=O)OC[C@H](COP(=O)(O)OC[C@H](N)C(=O)O)OC(=O)CCCCCCC/C=C/CCCCC. The van der Waals surface area contributed by atoms with Crippen LogP contribution in [0.5, 0.6) is 0 Å². The zero-order valence-corrected chi connectivity index (χ0v) is 30.7. The van der Waals surface area contributed by atoms with E-state index in [0.29, 0.717) is 12.8 Å². The van der Waals surface area contributed by atoms with Crippen LogP contribution in [0.2, 0.25) is 0 Å². The fourth-order valence-corrected chi connectivity index (χ4v) is 5.48. The number of unbranched alkanes of at least 4 members (excludes halogenated alkanes) is 16. The molecule has 0 aromatic carbocycles. The lowest BCUT2D eigenvalue weighted by atomic mass is 10.1. The zero-order valence-electron chi connectivity index (χ0n) is 29.8. The fraction of sp³-hybridized carbons (Fsp3) is 0.806. The molecule has 1 unspecified atom stereocenters. The van der Waals surface area contributed by atoms with Crippen molar-refractivity contribution in [2.45, 2.75) is 167 Å². The summed E-state index contributed by atoms with van der Waals surface area (Å²) >= 11 is 0. The first-order chi connectivity index (χ1) is 23.1. The summed E-state index contributed by atoms with van der Waals surface area (Å²) in [6.45, 7) is 2.70. The normalized spacial score (nSPS) is 14.2. The highest BCUT2D eigenvalue weighted by Gasteiger charge is 2.28. The van der Waals surface area contributed by atoms with E-state index < -0.39 is 51.1 Å².